The van der Waals surface area contributed by atoms with Gasteiger partial charge in [0.25, 0.3) is 0 Å². The summed E-state index contributed by atoms with van der Waals surface area (Å²) in [7, 11) is 2.23. The lowest BCUT2D eigenvalue weighted by Gasteiger charge is -2.33. The van der Waals surface area contributed by atoms with Gasteiger partial charge in [-0.15, -0.1) is 0 Å². The van der Waals surface area contributed by atoms with Crippen LogP contribution < -0.4 is 4.90 Å². The van der Waals surface area contributed by atoms with E-state index in [4.69, 9.17) is 0 Å². The van der Waals surface area contributed by atoms with Gasteiger partial charge in [-0.3, -0.25) is 0 Å². The lowest BCUT2D eigenvalue weighted by Crippen LogP contribution is -2.43. The van der Waals surface area contributed by atoms with Gasteiger partial charge in [-0.1, -0.05) is 77.8 Å². The van der Waals surface area contributed by atoms with Gasteiger partial charge in [0.2, 0.25) is 0 Å². The Kier molecular flexibility index (Phi) is 11.2. The second-order valence-corrected chi connectivity index (χ2v) is 11.7. The predicted octanol–water partition coefficient (Wildman–Crippen LogP) is 9.95. The zero-order valence-electron chi connectivity index (χ0n) is 26.0. The Bertz CT molecular complexity index is 1090. The quantitative estimate of drug-likeness (QED) is 0.207. The molecule has 0 aromatic heterocycles. The highest BCUT2D eigenvalue weighted by molar-refractivity contribution is 5.91. The van der Waals surface area contributed by atoms with E-state index in [0.717, 1.165) is 6.42 Å². The molecule has 0 heterocycles. The SMILES string of the molecule is C=Cc1cc(C)cc(C)c1N(C)c1c(C)cc(C)cc1C=[N+](C(C)CC)C1CCCCCC1(C)C.CC. The Morgan fingerprint density at radius 1 is 0.946 bits per heavy atom. The Labute approximate surface area is 229 Å². The molecule has 1 aliphatic carbocycles. The van der Waals surface area contributed by atoms with Crippen molar-refractivity contribution in [3.63, 3.8) is 0 Å². The molecule has 0 saturated heterocycles. The van der Waals surface area contributed by atoms with E-state index in [2.05, 4.69) is 109 Å². The Morgan fingerprint density at radius 2 is 1.49 bits per heavy atom. The summed E-state index contributed by atoms with van der Waals surface area (Å²) in [4.78, 5) is 2.40. The standard InChI is InChI=1S/C33H49N2.C2H6/c1-11-27(7)35(30-16-14-13-15-17-33(30,8)9)22-29-21-24(4)19-26(6)32(29)34(10)31-25(5)18-23(3)20-28(31)12-2;1-2/h12,18-22,27,30H,2,11,13-17H2,1,3-10H3;1-2H3/q+1;. The van der Waals surface area contributed by atoms with E-state index in [9.17, 15) is 0 Å². The third kappa shape index (κ3) is 7.15. The van der Waals surface area contributed by atoms with Crippen molar-refractivity contribution in [3.05, 3.63) is 64.2 Å². The van der Waals surface area contributed by atoms with Crippen molar-refractivity contribution in [1.29, 1.82) is 0 Å². The highest BCUT2D eigenvalue weighted by atomic mass is 15.1. The zero-order valence-corrected chi connectivity index (χ0v) is 26.0. The van der Waals surface area contributed by atoms with E-state index in [0.29, 0.717) is 17.5 Å². The van der Waals surface area contributed by atoms with Crippen LogP contribution in [-0.2, 0) is 0 Å². The average molecular weight is 504 g/mol. The van der Waals surface area contributed by atoms with Crippen LogP contribution in [0.1, 0.15) is 113 Å². The lowest BCUT2D eigenvalue weighted by atomic mass is 9.79. The van der Waals surface area contributed by atoms with Crippen LogP contribution in [0.5, 0.6) is 0 Å². The molecule has 0 spiro atoms. The summed E-state index contributed by atoms with van der Waals surface area (Å²) in [5.41, 5.74) is 10.6. The van der Waals surface area contributed by atoms with Crippen molar-refractivity contribution in [2.24, 2.45) is 5.41 Å². The van der Waals surface area contributed by atoms with E-state index < -0.39 is 0 Å². The number of rotatable bonds is 7. The van der Waals surface area contributed by atoms with Crippen molar-refractivity contribution in [3.8, 4) is 0 Å². The number of hydrogen-bond acceptors (Lipinski definition) is 1. The smallest absolute Gasteiger partial charge is 0.173 e. The van der Waals surface area contributed by atoms with Crippen molar-refractivity contribution in [1.82, 2.24) is 0 Å². The molecule has 0 bridgehead atoms. The fraction of sp³-hybridized carbons (Fsp3) is 0.571. The first-order valence-corrected chi connectivity index (χ1v) is 14.7. The maximum absolute atomic E-state index is 4.13. The van der Waals surface area contributed by atoms with Gasteiger partial charge in [0.05, 0.1) is 16.9 Å². The third-order valence-corrected chi connectivity index (χ3v) is 8.29. The lowest BCUT2D eigenvalue weighted by molar-refractivity contribution is -0.609. The van der Waals surface area contributed by atoms with Crippen LogP contribution in [0.25, 0.3) is 6.08 Å². The van der Waals surface area contributed by atoms with Crippen molar-refractivity contribution in [2.75, 3.05) is 11.9 Å². The van der Waals surface area contributed by atoms with Crippen molar-refractivity contribution < 1.29 is 4.58 Å². The van der Waals surface area contributed by atoms with Gasteiger partial charge in [-0.2, -0.15) is 0 Å². The van der Waals surface area contributed by atoms with Crippen molar-refractivity contribution >= 4 is 23.7 Å². The Morgan fingerprint density at radius 3 is 2.03 bits per heavy atom. The fourth-order valence-electron chi connectivity index (χ4n) is 6.37. The number of benzene rings is 2. The number of nitrogens with zero attached hydrogens (tertiary/aromatic N) is 2. The van der Waals surface area contributed by atoms with E-state index >= 15 is 0 Å². The first-order valence-electron chi connectivity index (χ1n) is 14.7. The maximum Gasteiger partial charge on any atom is 0.173 e. The summed E-state index contributed by atoms with van der Waals surface area (Å²) in [5.74, 6) is 0. The summed E-state index contributed by atoms with van der Waals surface area (Å²) in [6.45, 7) is 26.7. The van der Waals surface area contributed by atoms with Gasteiger partial charge in [-0.05, 0) is 81.8 Å². The Balaban J connectivity index is 0.00000235. The second kappa shape index (κ2) is 13.4. The molecular formula is C35H55N2+. The van der Waals surface area contributed by atoms with E-state index in [-0.39, 0.29) is 0 Å². The molecule has 1 saturated carbocycles. The monoisotopic (exact) mass is 503 g/mol. The highest BCUT2D eigenvalue weighted by Gasteiger charge is 2.40. The fourth-order valence-corrected chi connectivity index (χ4v) is 6.37. The molecule has 1 aliphatic rings. The molecule has 0 amide bonds. The molecule has 1 fully saturated rings. The minimum atomic E-state index is 0.310. The molecule has 2 unspecified atom stereocenters. The summed E-state index contributed by atoms with van der Waals surface area (Å²) >= 11 is 0. The van der Waals surface area contributed by atoms with Gasteiger partial charge in [0.15, 0.2) is 12.3 Å². The minimum absolute atomic E-state index is 0.310. The average Bonchev–Trinajstić information content (AvgIpc) is 3.02. The van der Waals surface area contributed by atoms with Gasteiger partial charge >= 0.3 is 0 Å². The van der Waals surface area contributed by atoms with Gasteiger partial charge in [0.1, 0.15) is 6.04 Å². The predicted molar refractivity (Wildman–Crippen MR) is 167 cm³/mol. The van der Waals surface area contributed by atoms with Crippen LogP contribution in [0.15, 0.2) is 30.8 Å². The topological polar surface area (TPSA) is 6.25 Å². The summed E-state index contributed by atoms with van der Waals surface area (Å²) in [6.07, 6.45) is 12.3. The molecule has 3 rings (SSSR count). The van der Waals surface area contributed by atoms with Crippen LogP contribution in [0.2, 0.25) is 0 Å². The number of hydrogen-bond donors (Lipinski definition) is 0. The largest absolute Gasteiger partial charge is 0.343 e. The molecule has 2 nitrogen and oxygen atoms in total. The summed E-state index contributed by atoms with van der Waals surface area (Å²) < 4.78 is 2.73. The molecular weight excluding hydrogens is 448 g/mol. The van der Waals surface area contributed by atoms with E-state index in [1.165, 1.54) is 76.9 Å². The maximum atomic E-state index is 4.13. The molecule has 2 aromatic carbocycles. The molecule has 2 atom stereocenters. The first kappa shape index (κ1) is 30.9. The first-order chi connectivity index (χ1) is 17.5. The van der Waals surface area contributed by atoms with Crippen LogP contribution in [0.3, 0.4) is 0 Å². The second-order valence-electron chi connectivity index (χ2n) is 11.7. The van der Waals surface area contributed by atoms with Gasteiger partial charge in [-0.25, -0.2) is 4.58 Å². The molecule has 0 radical (unpaired) electrons. The van der Waals surface area contributed by atoms with Crippen LogP contribution in [-0.4, -0.2) is 29.9 Å². The summed E-state index contributed by atoms with van der Waals surface area (Å²) in [5, 5.41) is 0. The molecule has 0 N–H and O–H groups in total. The Hall–Kier alpha value is -2.35. The molecule has 2 heteroatoms. The van der Waals surface area contributed by atoms with Crippen molar-refractivity contribution in [2.45, 2.75) is 120 Å². The van der Waals surface area contributed by atoms with E-state index in [1.54, 1.807) is 0 Å². The van der Waals surface area contributed by atoms with Crippen LogP contribution in [0.4, 0.5) is 11.4 Å². The van der Waals surface area contributed by atoms with Crippen LogP contribution >= 0.6 is 0 Å². The highest BCUT2D eigenvalue weighted by Crippen LogP contribution is 2.39. The molecule has 2 aromatic rings. The number of anilines is 2. The number of aryl methyl sites for hydroxylation is 4. The molecule has 37 heavy (non-hydrogen) atoms. The normalized spacial score (nSPS) is 18.4. The van der Waals surface area contributed by atoms with Gasteiger partial charge in [0, 0.05) is 25.3 Å². The third-order valence-electron chi connectivity index (χ3n) is 8.29. The summed E-state index contributed by atoms with van der Waals surface area (Å²) in [6, 6.07) is 10.3. The zero-order chi connectivity index (χ0) is 27.9. The molecule has 204 valence electrons. The van der Waals surface area contributed by atoms with E-state index in [1.807, 2.05) is 19.9 Å². The van der Waals surface area contributed by atoms with Crippen LogP contribution in [0, 0.1) is 33.1 Å². The van der Waals surface area contributed by atoms with Gasteiger partial charge < -0.3 is 4.90 Å². The minimum Gasteiger partial charge on any atom is -0.343 e. The molecule has 0 aliphatic heterocycles.